The van der Waals surface area contributed by atoms with Gasteiger partial charge < -0.3 is 9.64 Å². The number of aromatic nitrogens is 2. The van der Waals surface area contributed by atoms with E-state index in [0.29, 0.717) is 5.95 Å². The molecular formula is C18H24N4O2S. The highest BCUT2D eigenvalue weighted by Crippen LogP contribution is 2.21. The molecule has 4 heterocycles. The second-order valence-electron chi connectivity index (χ2n) is 7.02. The van der Waals surface area contributed by atoms with Crippen molar-refractivity contribution in [1.82, 2.24) is 14.9 Å². The molecule has 4 rings (SSSR count). The van der Waals surface area contributed by atoms with Crippen molar-refractivity contribution in [2.24, 2.45) is 0 Å². The number of hydrogen-bond acceptors (Lipinski definition) is 6. The lowest BCUT2D eigenvalue weighted by molar-refractivity contribution is -0.00576. The summed E-state index contributed by atoms with van der Waals surface area (Å²) in [5.41, 5.74) is 1.79. The Morgan fingerprint density at radius 2 is 2.16 bits per heavy atom. The summed E-state index contributed by atoms with van der Waals surface area (Å²) in [7, 11) is 0. The Labute approximate surface area is 151 Å². The van der Waals surface area contributed by atoms with Crippen molar-refractivity contribution in [1.29, 1.82) is 0 Å². The Bertz CT molecular complexity index is 779. The van der Waals surface area contributed by atoms with Crippen LogP contribution in [0.2, 0.25) is 0 Å². The highest BCUT2D eigenvalue weighted by molar-refractivity contribution is 7.09. The Kier molecular flexibility index (Phi) is 4.62. The molecule has 6 nitrogen and oxygen atoms in total. The van der Waals surface area contributed by atoms with E-state index in [1.165, 1.54) is 4.88 Å². The number of ether oxygens (including phenoxy) is 1. The number of H-pyrrole nitrogens is 1. The van der Waals surface area contributed by atoms with Crippen LogP contribution < -0.4 is 10.5 Å². The third kappa shape index (κ3) is 3.63. The van der Waals surface area contributed by atoms with Crippen molar-refractivity contribution in [2.45, 2.75) is 45.6 Å². The van der Waals surface area contributed by atoms with Crippen LogP contribution >= 0.6 is 11.3 Å². The molecule has 2 aliphatic heterocycles. The third-order valence-electron chi connectivity index (χ3n) is 4.82. The van der Waals surface area contributed by atoms with Gasteiger partial charge >= 0.3 is 0 Å². The van der Waals surface area contributed by atoms with Gasteiger partial charge in [-0.05, 0) is 31.7 Å². The average molecular weight is 360 g/mol. The Morgan fingerprint density at radius 1 is 1.36 bits per heavy atom. The van der Waals surface area contributed by atoms with Gasteiger partial charge in [-0.15, -0.1) is 11.3 Å². The molecule has 1 saturated heterocycles. The van der Waals surface area contributed by atoms with Gasteiger partial charge in [0.15, 0.2) is 0 Å². The second-order valence-corrected chi connectivity index (χ2v) is 8.05. The summed E-state index contributed by atoms with van der Waals surface area (Å²) < 4.78 is 5.79. The number of morpholine rings is 1. The molecule has 0 aromatic carbocycles. The fourth-order valence-corrected chi connectivity index (χ4v) is 4.49. The molecule has 0 aliphatic carbocycles. The van der Waals surface area contributed by atoms with Crippen molar-refractivity contribution >= 4 is 17.3 Å². The molecule has 0 spiro atoms. The lowest BCUT2D eigenvalue weighted by Crippen LogP contribution is -2.47. The zero-order valence-electron chi connectivity index (χ0n) is 14.7. The fourth-order valence-electron chi connectivity index (χ4n) is 3.74. The van der Waals surface area contributed by atoms with Crippen molar-refractivity contribution in [3.8, 4) is 0 Å². The topological polar surface area (TPSA) is 61.5 Å². The molecule has 1 N–H and O–H groups in total. The van der Waals surface area contributed by atoms with Gasteiger partial charge in [-0.1, -0.05) is 6.07 Å². The van der Waals surface area contributed by atoms with E-state index in [-0.39, 0.29) is 17.8 Å². The zero-order chi connectivity index (χ0) is 17.4. The van der Waals surface area contributed by atoms with Crippen molar-refractivity contribution < 1.29 is 4.74 Å². The molecule has 7 heteroatoms. The Balaban J connectivity index is 1.56. The van der Waals surface area contributed by atoms with Crippen LogP contribution in [0.5, 0.6) is 0 Å². The first-order valence-corrected chi connectivity index (χ1v) is 9.73. The second kappa shape index (κ2) is 6.90. The summed E-state index contributed by atoms with van der Waals surface area (Å²) in [5, 5.41) is 2.11. The van der Waals surface area contributed by atoms with Crippen LogP contribution in [0, 0.1) is 0 Å². The summed E-state index contributed by atoms with van der Waals surface area (Å²) in [6.07, 6.45) is 1.04. The molecule has 0 radical (unpaired) electrons. The summed E-state index contributed by atoms with van der Waals surface area (Å²) in [5.74, 6) is 0.684. The van der Waals surface area contributed by atoms with Gasteiger partial charge in [0.05, 0.1) is 17.9 Å². The van der Waals surface area contributed by atoms with E-state index in [1.54, 1.807) is 11.3 Å². The number of aromatic amines is 1. The maximum Gasteiger partial charge on any atom is 0.255 e. The molecule has 0 saturated carbocycles. The summed E-state index contributed by atoms with van der Waals surface area (Å²) in [6.45, 7) is 8.19. The molecule has 2 aromatic heterocycles. The lowest BCUT2D eigenvalue weighted by Gasteiger charge is -2.36. The molecule has 1 fully saturated rings. The zero-order valence-corrected chi connectivity index (χ0v) is 15.5. The van der Waals surface area contributed by atoms with Crippen LogP contribution in [-0.4, -0.2) is 46.7 Å². The predicted octanol–water partition coefficient (Wildman–Crippen LogP) is 2.00. The van der Waals surface area contributed by atoms with E-state index in [9.17, 15) is 4.79 Å². The Morgan fingerprint density at radius 3 is 2.88 bits per heavy atom. The smallest absolute Gasteiger partial charge is 0.255 e. The van der Waals surface area contributed by atoms with Crippen molar-refractivity contribution in [3.63, 3.8) is 0 Å². The molecule has 2 aromatic rings. The summed E-state index contributed by atoms with van der Waals surface area (Å²) >= 11 is 1.78. The van der Waals surface area contributed by atoms with Gasteiger partial charge in [0.25, 0.3) is 5.56 Å². The van der Waals surface area contributed by atoms with Gasteiger partial charge in [-0.25, -0.2) is 4.98 Å². The third-order valence-corrected chi connectivity index (χ3v) is 5.68. The maximum absolute atomic E-state index is 12.5. The molecule has 0 unspecified atom stereocenters. The minimum atomic E-state index is 0.0163. The molecule has 2 atom stereocenters. The predicted molar refractivity (Wildman–Crippen MR) is 99.2 cm³/mol. The van der Waals surface area contributed by atoms with Gasteiger partial charge in [-0.2, -0.15) is 0 Å². The molecule has 0 bridgehead atoms. The largest absolute Gasteiger partial charge is 0.372 e. The van der Waals surface area contributed by atoms with Crippen LogP contribution in [0.4, 0.5) is 5.95 Å². The monoisotopic (exact) mass is 360 g/mol. The van der Waals surface area contributed by atoms with Gasteiger partial charge in [0.2, 0.25) is 5.95 Å². The van der Waals surface area contributed by atoms with E-state index in [0.717, 1.165) is 50.4 Å². The van der Waals surface area contributed by atoms with Crippen LogP contribution in [-0.2, 0) is 24.2 Å². The van der Waals surface area contributed by atoms with Crippen LogP contribution in [0.1, 0.15) is 30.0 Å². The minimum absolute atomic E-state index is 0.0163. The number of anilines is 1. The average Bonchev–Trinajstić information content (AvgIpc) is 3.06. The number of nitrogens with one attached hydrogen (secondary N) is 1. The lowest BCUT2D eigenvalue weighted by atomic mass is 10.1. The van der Waals surface area contributed by atoms with E-state index in [4.69, 9.17) is 9.72 Å². The summed E-state index contributed by atoms with van der Waals surface area (Å²) in [6, 6.07) is 4.24. The quantitative estimate of drug-likeness (QED) is 0.907. The van der Waals surface area contributed by atoms with Crippen molar-refractivity contribution in [2.75, 3.05) is 24.5 Å². The highest BCUT2D eigenvalue weighted by atomic mass is 32.1. The van der Waals surface area contributed by atoms with Gasteiger partial charge in [0.1, 0.15) is 0 Å². The van der Waals surface area contributed by atoms with E-state index < -0.39 is 0 Å². The number of fused-ring (bicyclic) bond motifs is 1. The van der Waals surface area contributed by atoms with E-state index >= 15 is 0 Å². The maximum atomic E-state index is 12.5. The number of nitrogens with zero attached hydrogens (tertiary/aromatic N) is 3. The van der Waals surface area contributed by atoms with E-state index in [1.807, 2.05) is 0 Å². The minimum Gasteiger partial charge on any atom is -0.372 e. The first kappa shape index (κ1) is 16.8. The van der Waals surface area contributed by atoms with Crippen LogP contribution in [0.25, 0.3) is 0 Å². The molecule has 0 amide bonds. The Hall–Kier alpha value is -1.70. The summed E-state index contributed by atoms with van der Waals surface area (Å²) in [4.78, 5) is 26.2. The SMILES string of the molecule is C[C@@H]1CN(c2nc3c(c(=O)[nH]2)CCN(Cc2cccs2)C3)C[C@H](C)O1. The molecule has 2 aliphatic rings. The first-order valence-electron chi connectivity index (χ1n) is 8.85. The van der Waals surface area contributed by atoms with Gasteiger partial charge in [0, 0.05) is 43.2 Å². The van der Waals surface area contributed by atoms with Crippen LogP contribution in [0.3, 0.4) is 0 Å². The fraction of sp³-hybridized carbons (Fsp3) is 0.556. The highest BCUT2D eigenvalue weighted by Gasteiger charge is 2.27. The molecule has 25 heavy (non-hydrogen) atoms. The van der Waals surface area contributed by atoms with E-state index in [2.05, 4.69) is 46.1 Å². The number of rotatable bonds is 3. The van der Waals surface area contributed by atoms with Crippen molar-refractivity contribution in [3.05, 3.63) is 44.0 Å². The number of hydrogen-bond donors (Lipinski definition) is 1. The normalized spacial score (nSPS) is 24.3. The first-order chi connectivity index (χ1) is 12.1. The molecule has 134 valence electrons. The number of thiophene rings is 1. The molecular weight excluding hydrogens is 336 g/mol. The standard InChI is InChI=1S/C18H24N4O2S/c1-12-8-22(9-13(2)24-12)18-19-16-11-21(10-14-4-3-7-25-14)6-5-15(16)17(23)20-18/h3-4,7,12-13H,5-6,8-11H2,1-2H3,(H,19,20,23)/t12-,13+. The van der Waals surface area contributed by atoms with Gasteiger partial charge in [-0.3, -0.25) is 14.7 Å². The van der Waals surface area contributed by atoms with Crippen LogP contribution in [0.15, 0.2) is 22.3 Å².